The van der Waals surface area contributed by atoms with Crippen LogP contribution in [-0.4, -0.2) is 26.0 Å². The van der Waals surface area contributed by atoms with Gasteiger partial charge in [-0.05, 0) is 44.0 Å². The van der Waals surface area contributed by atoms with E-state index in [1.165, 1.54) is 5.56 Å². The summed E-state index contributed by atoms with van der Waals surface area (Å²) in [6.07, 6.45) is 2.85. The fraction of sp³-hybridized carbons (Fsp3) is 0.500. The van der Waals surface area contributed by atoms with Gasteiger partial charge in [-0.3, -0.25) is 4.79 Å². The van der Waals surface area contributed by atoms with Crippen LogP contribution in [0.5, 0.6) is 0 Å². The minimum absolute atomic E-state index is 0.130. The molecule has 4 heteroatoms. The molecule has 0 saturated heterocycles. The summed E-state index contributed by atoms with van der Waals surface area (Å²) in [5.41, 5.74) is 1.06. The SMILES string of the molecule is CNCC1(C(=O)NCCc2ccc(Cl)cc2)CC1. The van der Waals surface area contributed by atoms with Crippen molar-refractivity contribution in [3.8, 4) is 0 Å². The van der Waals surface area contributed by atoms with Gasteiger partial charge in [-0.2, -0.15) is 0 Å². The first-order valence-electron chi connectivity index (χ1n) is 6.34. The van der Waals surface area contributed by atoms with Gasteiger partial charge in [0.05, 0.1) is 5.41 Å². The highest BCUT2D eigenvalue weighted by molar-refractivity contribution is 6.30. The average molecular weight is 267 g/mol. The lowest BCUT2D eigenvalue weighted by Crippen LogP contribution is -2.38. The van der Waals surface area contributed by atoms with Gasteiger partial charge < -0.3 is 10.6 Å². The largest absolute Gasteiger partial charge is 0.355 e. The summed E-state index contributed by atoms with van der Waals surface area (Å²) in [5.74, 6) is 0.186. The highest BCUT2D eigenvalue weighted by Crippen LogP contribution is 2.45. The van der Waals surface area contributed by atoms with Gasteiger partial charge in [0.25, 0.3) is 0 Å². The Hall–Kier alpha value is -1.06. The first-order valence-corrected chi connectivity index (χ1v) is 6.71. The van der Waals surface area contributed by atoms with Crippen molar-refractivity contribution in [3.63, 3.8) is 0 Å². The Bertz CT molecular complexity index is 412. The molecule has 0 atom stereocenters. The van der Waals surface area contributed by atoms with Gasteiger partial charge in [0, 0.05) is 18.1 Å². The molecule has 3 nitrogen and oxygen atoms in total. The molecule has 1 aromatic carbocycles. The first-order chi connectivity index (χ1) is 8.66. The van der Waals surface area contributed by atoms with E-state index < -0.39 is 0 Å². The molecule has 1 fully saturated rings. The van der Waals surface area contributed by atoms with Gasteiger partial charge in [-0.15, -0.1) is 0 Å². The zero-order chi connectivity index (χ0) is 13.0. The van der Waals surface area contributed by atoms with E-state index in [1.807, 2.05) is 31.3 Å². The highest BCUT2D eigenvalue weighted by Gasteiger charge is 2.48. The number of carbonyl (C=O) groups is 1. The lowest BCUT2D eigenvalue weighted by atomic mass is 10.1. The van der Waals surface area contributed by atoms with Crippen molar-refractivity contribution in [1.29, 1.82) is 0 Å². The molecule has 0 bridgehead atoms. The van der Waals surface area contributed by atoms with Crippen LogP contribution in [0.1, 0.15) is 18.4 Å². The standard InChI is InChI=1S/C14H19ClN2O/c1-16-10-14(7-8-14)13(18)17-9-6-11-2-4-12(15)5-3-11/h2-5,16H,6-10H2,1H3,(H,17,18). The molecule has 0 aromatic heterocycles. The maximum absolute atomic E-state index is 12.0. The molecule has 0 aliphatic heterocycles. The van der Waals surface area contributed by atoms with E-state index in [4.69, 9.17) is 11.6 Å². The molecule has 0 radical (unpaired) electrons. The topological polar surface area (TPSA) is 41.1 Å². The molecule has 1 aromatic rings. The Morgan fingerprint density at radius 1 is 1.33 bits per heavy atom. The zero-order valence-corrected chi connectivity index (χ0v) is 11.4. The summed E-state index contributed by atoms with van der Waals surface area (Å²) in [7, 11) is 1.89. The molecular weight excluding hydrogens is 248 g/mol. The van der Waals surface area contributed by atoms with Gasteiger partial charge in [0.1, 0.15) is 0 Å². The summed E-state index contributed by atoms with van der Waals surface area (Å²) in [6.45, 7) is 1.46. The van der Waals surface area contributed by atoms with Crippen LogP contribution in [0.2, 0.25) is 5.02 Å². The number of nitrogens with one attached hydrogen (secondary N) is 2. The third-order valence-corrected chi connectivity index (χ3v) is 3.71. The quantitative estimate of drug-likeness (QED) is 0.827. The van der Waals surface area contributed by atoms with E-state index in [1.54, 1.807) is 0 Å². The minimum atomic E-state index is -0.130. The normalized spacial score (nSPS) is 16.3. The monoisotopic (exact) mass is 266 g/mol. The lowest BCUT2D eigenvalue weighted by molar-refractivity contribution is -0.126. The minimum Gasteiger partial charge on any atom is -0.355 e. The van der Waals surface area contributed by atoms with Crippen LogP contribution in [0.25, 0.3) is 0 Å². The zero-order valence-electron chi connectivity index (χ0n) is 10.6. The van der Waals surface area contributed by atoms with Crippen molar-refractivity contribution in [3.05, 3.63) is 34.9 Å². The molecule has 18 heavy (non-hydrogen) atoms. The second-order valence-electron chi connectivity index (χ2n) is 4.94. The molecule has 0 spiro atoms. The number of hydrogen-bond donors (Lipinski definition) is 2. The van der Waals surface area contributed by atoms with Crippen molar-refractivity contribution in [2.45, 2.75) is 19.3 Å². The van der Waals surface area contributed by atoms with Crippen LogP contribution < -0.4 is 10.6 Å². The molecule has 1 saturated carbocycles. The Morgan fingerprint density at radius 2 is 2.00 bits per heavy atom. The number of carbonyl (C=O) groups excluding carboxylic acids is 1. The van der Waals surface area contributed by atoms with E-state index in [9.17, 15) is 4.79 Å². The van der Waals surface area contributed by atoms with Crippen molar-refractivity contribution in [2.24, 2.45) is 5.41 Å². The molecule has 1 aliphatic rings. The molecular formula is C14H19ClN2O. The van der Waals surface area contributed by atoms with Crippen LogP contribution in [0, 0.1) is 5.41 Å². The fourth-order valence-electron chi connectivity index (χ4n) is 2.13. The van der Waals surface area contributed by atoms with Crippen LogP contribution in [0.4, 0.5) is 0 Å². The summed E-state index contributed by atoms with van der Waals surface area (Å²) < 4.78 is 0. The van der Waals surface area contributed by atoms with Gasteiger partial charge in [0.15, 0.2) is 0 Å². The van der Waals surface area contributed by atoms with Crippen LogP contribution in [0.3, 0.4) is 0 Å². The number of rotatable bonds is 6. The lowest BCUT2D eigenvalue weighted by Gasteiger charge is -2.14. The van der Waals surface area contributed by atoms with E-state index >= 15 is 0 Å². The van der Waals surface area contributed by atoms with Crippen LogP contribution >= 0.6 is 11.6 Å². The van der Waals surface area contributed by atoms with E-state index in [2.05, 4.69) is 10.6 Å². The third kappa shape index (κ3) is 3.24. The molecule has 1 amide bonds. The molecule has 98 valence electrons. The Labute approximate surface area is 113 Å². The van der Waals surface area contributed by atoms with Crippen molar-refractivity contribution in [2.75, 3.05) is 20.1 Å². The average Bonchev–Trinajstić information content (AvgIpc) is 3.13. The van der Waals surface area contributed by atoms with Crippen molar-refractivity contribution in [1.82, 2.24) is 10.6 Å². The second-order valence-corrected chi connectivity index (χ2v) is 5.38. The molecule has 1 aliphatic carbocycles. The highest BCUT2D eigenvalue weighted by atomic mass is 35.5. The Balaban J connectivity index is 1.75. The molecule has 0 unspecified atom stereocenters. The summed E-state index contributed by atoms with van der Waals surface area (Å²) in [5, 5.41) is 6.86. The van der Waals surface area contributed by atoms with Crippen molar-refractivity contribution < 1.29 is 4.79 Å². The number of halogens is 1. The Morgan fingerprint density at radius 3 is 2.56 bits per heavy atom. The number of benzene rings is 1. The van der Waals surface area contributed by atoms with Gasteiger partial charge in [0.2, 0.25) is 5.91 Å². The van der Waals surface area contributed by atoms with Crippen LogP contribution in [0.15, 0.2) is 24.3 Å². The van der Waals surface area contributed by atoms with E-state index in [0.717, 1.165) is 30.8 Å². The number of amides is 1. The Kier molecular flexibility index (Phi) is 4.25. The fourth-order valence-corrected chi connectivity index (χ4v) is 2.26. The summed E-state index contributed by atoms with van der Waals surface area (Å²) in [6, 6.07) is 7.74. The smallest absolute Gasteiger partial charge is 0.227 e. The van der Waals surface area contributed by atoms with E-state index in [0.29, 0.717) is 6.54 Å². The molecule has 0 heterocycles. The molecule has 2 rings (SSSR count). The van der Waals surface area contributed by atoms with Gasteiger partial charge in [-0.25, -0.2) is 0 Å². The summed E-state index contributed by atoms with van der Waals surface area (Å²) >= 11 is 5.82. The second kappa shape index (κ2) is 5.72. The third-order valence-electron chi connectivity index (χ3n) is 3.46. The predicted molar refractivity (Wildman–Crippen MR) is 73.8 cm³/mol. The first kappa shape index (κ1) is 13.4. The van der Waals surface area contributed by atoms with Crippen LogP contribution in [-0.2, 0) is 11.2 Å². The van der Waals surface area contributed by atoms with Crippen molar-refractivity contribution >= 4 is 17.5 Å². The number of hydrogen-bond acceptors (Lipinski definition) is 2. The van der Waals surface area contributed by atoms with E-state index in [-0.39, 0.29) is 11.3 Å². The maximum atomic E-state index is 12.0. The predicted octanol–water partition coefficient (Wildman–Crippen LogP) is 2.00. The summed E-state index contributed by atoms with van der Waals surface area (Å²) in [4.78, 5) is 12.0. The van der Waals surface area contributed by atoms with Gasteiger partial charge in [-0.1, -0.05) is 23.7 Å². The molecule has 2 N–H and O–H groups in total. The van der Waals surface area contributed by atoms with Gasteiger partial charge >= 0.3 is 0 Å². The maximum Gasteiger partial charge on any atom is 0.227 e.